The highest BCUT2D eigenvalue weighted by Gasteiger charge is 2.29. The number of sulfonamides is 1. The maximum atomic E-state index is 13.4. The van der Waals surface area contributed by atoms with E-state index < -0.39 is 22.5 Å². The molecule has 0 fully saturated rings. The fourth-order valence-electron chi connectivity index (χ4n) is 3.96. The van der Waals surface area contributed by atoms with Crippen molar-refractivity contribution in [1.29, 1.82) is 5.41 Å². The van der Waals surface area contributed by atoms with Gasteiger partial charge in [0.1, 0.15) is 12.4 Å². The minimum atomic E-state index is -4.19. The second kappa shape index (κ2) is 11.7. The first kappa shape index (κ1) is 27.3. The van der Waals surface area contributed by atoms with Crippen LogP contribution in [0.1, 0.15) is 28.4 Å². The van der Waals surface area contributed by atoms with Gasteiger partial charge in [-0.15, -0.1) is 0 Å². The number of anilines is 1. The van der Waals surface area contributed by atoms with E-state index in [9.17, 15) is 18.0 Å². The van der Waals surface area contributed by atoms with Crippen LogP contribution >= 0.6 is 0 Å². The van der Waals surface area contributed by atoms with Crippen LogP contribution in [0.2, 0.25) is 0 Å². The van der Waals surface area contributed by atoms with Crippen molar-refractivity contribution in [3.05, 3.63) is 102 Å². The summed E-state index contributed by atoms with van der Waals surface area (Å²) in [5, 5.41) is 11.4. The summed E-state index contributed by atoms with van der Waals surface area (Å²) >= 11 is 0. The number of nitrogens with one attached hydrogen (secondary N) is 2. The van der Waals surface area contributed by atoms with E-state index in [1.165, 1.54) is 12.3 Å². The summed E-state index contributed by atoms with van der Waals surface area (Å²) in [4.78, 5) is 29.3. The molecule has 0 aliphatic rings. The van der Waals surface area contributed by atoms with Crippen molar-refractivity contribution in [2.75, 3.05) is 17.5 Å². The molecular weight excluding hydrogens is 518 g/mol. The minimum Gasteiger partial charge on any atom is -0.465 e. The van der Waals surface area contributed by atoms with Crippen LogP contribution in [0.3, 0.4) is 0 Å². The van der Waals surface area contributed by atoms with Crippen molar-refractivity contribution >= 4 is 44.2 Å². The summed E-state index contributed by atoms with van der Waals surface area (Å²) in [7, 11) is -4.19. The molecule has 0 bridgehead atoms. The number of hydrogen-bond donors (Lipinski definition) is 3. The number of aromatic nitrogens is 1. The van der Waals surface area contributed by atoms with Crippen LogP contribution in [0.15, 0.2) is 90.1 Å². The topological polar surface area (TPSA) is 156 Å². The SMILES string of the molecule is CCOC(=O)CN(c1ccc2c(C(=O)NCc3ccc(C(=N)N)cc3)cccc2c1)S(=O)(=O)c1ccccn1. The third kappa shape index (κ3) is 6.21. The molecule has 1 aromatic heterocycles. The maximum Gasteiger partial charge on any atom is 0.326 e. The van der Waals surface area contributed by atoms with Gasteiger partial charge in [-0.2, -0.15) is 8.42 Å². The molecule has 11 heteroatoms. The smallest absolute Gasteiger partial charge is 0.326 e. The van der Waals surface area contributed by atoms with Crippen LogP contribution in [0.25, 0.3) is 10.8 Å². The van der Waals surface area contributed by atoms with Gasteiger partial charge in [-0.3, -0.25) is 19.3 Å². The molecule has 3 aromatic carbocycles. The lowest BCUT2D eigenvalue weighted by atomic mass is 10.0. The third-order valence-corrected chi connectivity index (χ3v) is 7.58. The zero-order chi connectivity index (χ0) is 28.0. The molecule has 0 spiro atoms. The lowest BCUT2D eigenvalue weighted by molar-refractivity contribution is -0.141. The van der Waals surface area contributed by atoms with Gasteiger partial charge in [0, 0.05) is 23.9 Å². The average molecular weight is 546 g/mol. The maximum absolute atomic E-state index is 13.4. The number of ether oxygens (including phenoxy) is 1. The number of esters is 1. The second-order valence-corrected chi connectivity index (χ2v) is 10.3. The summed E-state index contributed by atoms with van der Waals surface area (Å²) in [5.74, 6) is -1.05. The third-order valence-electron chi connectivity index (χ3n) is 5.88. The molecule has 39 heavy (non-hydrogen) atoms. The van der Waals surface area contributed by atoms with Gasteiger partial charge in [-0.25, -0.2) is 4.98 Å². The number of hydrogen-bond acceptors (Lipinski definition) is 7. The van der Waals surface area contributed by atoms with Crippen LogP contribution in [0, 0.1) is 5.41 Å². The highest BCUT2D eigenvalue weighted by molar-refractivity contribution is 7.92. The Balaban J connectivity index is 1.63. The number of carbonyl (C=O) groups excluding carboxylic acids is 2. The Hall–Kier alpha value is -4.77. The Kier molecular flexibility index (Phi) is 8.21. The molecule has 0 radical (unpaired) electrons. The first-order chi connectivity index (χ1) is 18.7. The van der Waals surface area contributed by atoms with Crippen LogP contribution in [-0.2, 0) is 26.1 Å². The Morgan fingerprint density at radius 1 is 1.03 bits per heavy atom. The molecule has 4 aromatic rings. The molecule has 0 saturated heterocycles. The molecule has 0 aliphatic carbocycles. The number of carbonyl (C=O) groups is 2. The number of nitrogen functional groups attached to an aromatic ring is 1. The summed E-state index contributed by atoms with van der Waals surface area (Å²) in [5.41, 5.74) is 7.55. The predicted octanol–water partition coefficient (Wildman–Crippen LogP) is 3.21. The highest BCUT2D eigenvalue weighted by Crippen LogP contribution is 2.28. The molecule has 0 saturated carbocycles. The Bertz CT molecular complexity index is 1620. The first-order valence-corrected chi connectivity index (χ1v) is 13.5. The monoisotopic (exact) mass is 545 g/mol. The summed E-state index contributed by atoms with van der Waals surface area (Å²) in [6.45, 7) is 1.47. The van der Waals surface area contributed by atoms with E-state index >= 15 is 0 Å². The molecule has 200 valence electrons. The fourth-order valence-corrected chi connectivity index (χ4v) is 5.29. The lowest BCUT2D eigenvalue weighted by Crippen LogP contribution is -2.37. The van der Waals surface area contributed by atoms with Gasteiger partial charge in [0.25, 0.3) is 15.9 Å². The molecule has 1 amide bonds. The van der Waals surface area contributed by atoms with Crippen molar-refractivity contribution in [2.24, 2.45) is 5.73 Å². The number of nitrogens with two attached hydrogens (primary N) is 1. The summed E-state index contributed by atoms with van der Waals surface area (Å²) in [6.07, 6.45) is 1.36. The second-order valence-electron chi connectivity index (χ2n) is 8.49. The Morgan fingerprint density at radius 3 is 2.46 bits per heavy atom. The predicted molar refractivity (Wildman–Crippen MR) is 148 cm³/mol. The van der Waals surface area contributed by atoms with Crippen LogP contribution in [0.5, 0.6) is 0 Å². The van der Waals surface area contributed by atoms with Gasteiger partial charge in [-0.1, -0.05) is 48.5 Å². The van der Waals surface area contributed by atoms with E-state index in [-0.39, 0.29) is 35.6 Å². The van der Waals surface area contributed by atoms with Gasteiger partial charge in [0.05, 0.1) is 12.3 Å². The van der Waals surface area contributed by atoms with E-state index in [1.54, 1.807) is 79.7 Å². The zero-order valence-electron chi connectivity index (χ0n) is 21.1. The Labute approximate surface area is 226 Å². The molecular formula is C28H27N5O5S. The van der Waals surface area contributed by atoms with Gasteiger partial charge in [0.2, 0.25) is 0 Å². The number of benzene rings is 3. The number of amidine groups is 1. The van der Waals surface area contributed by atoms with Crippen molar-refractivity contribution in [3.63, 3.8) is 0 Å². The minimum absolute atomic E-state index is 0.0330. The van der Waals surface area contributed by atoms with Gasteiger partial charge >= 0.3 is 5.97 Å². The summed E-state index contributed by atoms with van der Waals surface area (Å²) in [6, 6.07) is 21.4. The average Bonchev–Trinajstić information content (AvgIpc) is 2.94. The van der Waals surface area contributed by atoms with Gasteiger partial charge < -0.3 is 15.8 Å². The standard InChI is InChI=1S/C28H27N5O5S/c1-2-38-26(34)18-33(39(36,37)25-8-3-4-15-31-25)22-13-14-23-21(16-22)6-5-7-24(23)28(35)32-17-19-9-11-20(12-10-19)27(29)30/h3-16H,2,17-18H2,1H3,(H3,29,30)(H,32,35). The largest absolute Gasteiger partial charge is 0.465 e. The van der Waals surface area contributed by atoms with E-state index in [0.717, 1.165) is 9.87 Å². The highest BCUT2D eigenvalue weighted by atomic mass is 32.2. The quantitative estimate of drug-likeness (QED) is 0.157. The van der Waals surface area contributed by atoms with Crippen LogP contribution in [-0.4, -0.2) is 44.3 Å². The molecule has 1 heterocycles. The van der Waals surface area contributed by atoms with Gasteiger partial charge in [-0.05, 0) is 53.6 Å². The van der Waals surface area contributed by atoms with Crippen molar-refractivity contribution < 1.29 is 22.7 Å². The van der Waals surface area contributed by atoms with Crippen molar-refractivity contribution in [3.8, 4) is 0 Å². The number of rotatable bonds is 10. The van der Waals surface area contributed by atoms with E-state index in [1.807, 2.05) is 0 Å². The number of nitrogens with zero attached hydrogens (tertiary/aromatic N) is 2. The zero-order valence-corrected chi connectivity index (χ0v) is 21.9. The van der Waals surface area contributed by atoms with E-state index in [2.05, 4.69) is 10.3 Å². The van der Waals surface area contributed by atoms with Crippen LogP contribution < -0.4 is 15.4 Å². The number of fused-ring (bicyclic) bond motifs is 1. The molecule has 10 nitrogen and oxygen atoms in total. The fraction of sp³-hybridized carbons (Fsp3) is 0.143. The number of amides is 1. The van der Waals surface area contributed by atoms with Crippen LogP contribution in [0.4, 0.5) is 5.69 Å². The Morgan fingerprint density at radius 2 is 1.79 bits per heavy atom. The molecule has 0 aliphatic heterocycles. The summed E-state index contributed by atoms with van der Waals surface area (Å²) < 4.78 is 32.8. The lowest BCUT2D eigenvalue weighted by Gasteiger charge is -2.23. The molecule has 0 unspecified atom stereocenters. The number of pyridine rings is 1. The van der Waals surface area contributed by atoms with Crippen molar-refractivity contribution in [1.82, 2.24) is 10.3 Å². The normalized spacial score (nSPS) is 11.1. The first-order valence-electron chi connectivity index (χ1n) is 12.0. The van der Waals surface area contributed by atoms with Crippen molar-refractivity contribution in [2.45, 2.75) is 18.5 Å². The molecule has 0 atom stereocenters. The van der Waals surface area contributed by atoms with Gasteiger partial charge in [0.15, 0.2) is 5.03 Å². The molecule has 4 N–H and O–H groups in total. The van der Waals surface area contributed by atoms with E-state index in [4.69, 9.17) is 15.9 Å². The molecule has 4 rings (SSSR count). The van der Waals surface area contributed by atoms with E-state index in [0.29, 0.717) is 21.9 Å².